The van der Waals surface area contributed by atoms with E-state index in [0.29, 0.717) is 37.0 Å². The minimum absolute atomic E-state index is 0.0906. The zero-order valence-corrected chi connectivity index (χ0v) is 20.2. The molecule has 1 aromatic heterocycles. The number of anilines is 1. The van der Waals surface area contributed by atoms with Crippen molar-refractivity contribution >= 4 is 22.2 Å². The van der Waals surface area contributed by atoms with Crippen LogP contribution in [0.3, 0.4) is 0 Å². The van der Waals surface area contributed by atoms with E-state index in [2.05, 4.69) is 0 Å². The summed E-state index contributed by atoms with van der Waals surface area (Å²) in [5.41, 5.74) is -0.496. The summed E-state index contributed by atoms with van der Waals surface area (Å²) in [5.74, 6) is -62.1. The van der Waals surface area contributed by atoms with Crippen molar-refractivity contribution < 1.29 is 79.4 Å². The van der Waals surface area contributed by atoms with Crippen molar-refractivity contribution in [3.8, 4) is 6.07 Å². The van der Waals surface area contributed by atoms with Gasteiger partial charge in [0.2, 0.25) is 0 Å². The van der Waals surface area contributed by atoms with Gasteiger partial charge in [0.15, 0.2) is 0 Å². The van der Waals surface area contributed by atoms with Crippen LogP contribution in [0.1, 0.15) is 41.7 Å². The molecule has 0 aromatic carbocycles. The number of halogens is 17. The fourth-order valence-corrected chi connectivity index (χ4v) is 4.85. The molecule has 0 atom stereocenters. The Bertz CT molecular complexity index is 1200. The van der Waals surface area contributed by atoms with Gasteiger partial charge in [0.1, 0.15) is 11.1 Å². The van der Waals surface area contributed by atoms with E-state index in [1.807, 2.05) is 0 Å². The van der Waals surface area contributed by atoms with Gasteiger partial charge in [0.25, 0.3) is 0 Å². The second kappa shape index (κ2) is 10.3. The molecular weight excluding hydrogens is 639 g/mol. The van der Waals surface area contributed by atoms with Crippen molar-refractivity contribution in [2.24, 2.45) is 0 Å². The maximum absolute atomic E-state index is 14.2. The van der Waals surface area contributed by atoms with E-state index in [4.69, 9.17) is 0 Å². The number of rotatable bonds is 8. The van der Waals surface area contributed by atoms with E-state index >= 15 is 0 Å². The summed E-state index contributed by atoms with van der Waals surface area (Å²) < 4.78 is 228. The molecule has 0 unspecified atom stereocenters. The average molecular weight is 652 g/mol. The standard InChI is InChI=1S/C20H13F17N2OS/c21-13(22,12(40)39-11-9(7-38)8-5-3-1-2-4-6-10(8)41-11)14(23,24)15(25,26)16(27,28)17(29,30)18(31,32)19(33,34)20(35,36)37/h1-6H2,(H,39,40). The predicted molar refractivity (Wildman–Crippen MR) is 104 cm³/mol. The number of nitriles is 1. The summed E-state index contributed by atoms with van der Waals surface area (Å²) in [6.07, 6.45) is -5.48. The maximum Gasteiger partial charge on any atom is 0.460 e. The number of carbonyl (C=O) groups excluding carboxylic acids is 1. The molecule has 21 heteroatoms. The Balaban J connectivity index is 2.54. The molecule has 1 aliphatic carbocycles. The van der Waals surface area contributed by atoms with E-state index in [9.17, 15) is 84.7 Å². The van der Waals surface area contributed by atoms with Crippen molar-refractivity contribution in [3.63, 3.8) is 0 Å². The van der Waals surface area contributed by atoms with Crippen molar-refractivity contribution in [3.05, 3.63) is 16.0 Å². The molecule has 0 saturated carbocycles. The SMILES string of the molecule is N#Cc1c(NC(=O)C(F)(F)C(F)(F)C(F)(F)C(F)(F)C(F)(F)C(F)(F)C(F)(F)C(F)(F)F)sc2c1CCCCCC2. The molecule has 1 heterocycles. The molecule has 0 radical (unpaired) electrons. The normalized spacial score (nSPS) is 16.9. The lowest BCUT2D eigenvalue weighted by atomic mass is 9.89. The monoisotopic (exact) mass is 652 g/mol. The number of hydrogen-bond acceptors (Lipinski definition) is 3. The third-order valence-electron chi connectivity index (χ3n) is 6.02. The number of alkyl halides is 17. The van der Waals surface area contributed by atoms with Crippen LogP contribution >= 0.6 is 11.3 Å². The van der Waals surface area contributed by atoms with Gasteiger partial charge in [-0.05, 0) is 31.2 Å². The molecule has 1 amide bonds. The van der Waals surface area contributed by atoms with Gasteiger partial charge >= 0.3 is 53.5 Å². The van der Waals surface area contributed by atoms with Crippen molar-refractivity contribution in [2.75, 3.05) is 5.32 Å². The number of hydrogen-bond donors (Lipinski definition) is 1. The Morgan fingerprint density at radius 3 is 1.49 bits per heavy atom. The highest BCUT2D eigenvalue weighted by atomic mass is 32.1. The number of nitrogens with zero attached hydrogens (tertiary/aromatic N) is 1. The Hall–Kier alpha value is -2.53. The summed E-state index contributed by atoms with van der Waals surface area (Å²) in [5, 5.41) is 9.18. The quantitative estimate of drug-likeness (QED) is 0.288. The first-order valence-corrected chi connectivity index (χ1v) is 11.6. The summed E-state index contributed by atoms with van der Waals surface area (Å²) in [6.45, 7) is 0. The topological polar surface area (TPSA) is 52.9 Å². The van der Waals surface area contributed by atoms with Crippen LogP contribution in [0.2, 0.25) is 0 Å². The fraction of sp³-hybridized carbons (Fsp3) is 0.700. The highest BCUT2D eigenvalue weighted by molar-refractivity contribution is 7.16. The Morgan fingerprint density at radius 2 is 1.05 bits per heavy atom. The van der Waals surface area contributed by atoms with Crippen molar-refractivity contribution in [2.45, 2.75) is 86.2 Å². The molecule has 0 fully saturated rings. The number of fused-ring (bicyclic) bond motifs is 1. The molecule has 1 aromatic rings. The fourth-order valence-electron chi connectivity index (χ4n) is 3.61. The summed E-state index contributed by atoms with van der Waals surface area (Å²) in [6, 6.07) is 1.41. The first kappa shape index (κ1) is 34.7. The van der Waals surface area contributed by atoms with Crippen molar-refractivity contribution in [1.29, 1.82) is 5.26 Å². The van der Waals surface area contributed by atoms with E-state index < -0.39 is 64.1 Å². The van der Waals surface area contributed by atoms with Gasteiger partial charge in [0.05, 0.1) is 5.56 Å². The molecule has 234 valence electrons. The minimum Gasteiger partial charge on any atom is -0.311 e. The third-order valence-corrected chi connectivity index (χ3v) is 7.22. The van der Waals surface area contributed by atoms with Crippen LogP contribution in [0.15, 0.2) is 0 Å². The second-order valence-electron chi connectivity index (χ2n) is 8.71. The number of carbonyl (C=O) groups is 1. The second-order valence-corrected chi connectivity index (χ2v) is 9.81. The summed E-state index contributed by atoms with van der Waals surface area (Å²) in [7, 11) is 0. The van der Waals surface area contributed by atoms with Crippen LogP contribution in [0, 0.1) is 11.3 Å². The molecule has 0 aliphatic heterocycles. The smallest absolute Gasteiger partial charge is 0.311 e. The van der Waals surface area contributed by atoms with Gasteiger partial charge in [-0.2, -0.15) is 79.9 Å². The van der Waals surface area contributed by atoms with E-state index in [1.54, 1.807) is 0 Å². The zero-order chi connectivity index (χ0) is 32.3. The molecule has 41 heavy (non-hydrogen) atoms. The molecular formula is C20H13F17N2OS. The lowest BCUT2D eigenvalue weighted by Crippen LogP contribution is -2.75. The van der Waals surface area contributed by atoms with E-state index in [-0.39, 0.29) is 23.3 Å². The molecule has 3 nitrogen and oxygen atoms in total. The number of thiophene rings is 1. The molecule has 0 spiro atoms. The number of amides is 1. The van der Waals surface area contributed by atoms with Gasteiger partial charge in [-0.3, -0.25) is 4.79 Å². The van der Waals surface area contributed by atoms with Crippen LogP contribution in [0.25, 0.3) is 0 Å². The van der Waals surface area contributed by atoms with E-state index in [1.165, 1.54) is 6.07 Å². The summed E-state index contributed by atoms with van der Waals surface area (Å²) in [4.78, 5) is 12.1. The lowest BCUT2D eigenvalue weighted by molar-refractivity contribution is -0.459. The van der Waals surface area contributed by atoms with Crippen molar-refractivity contribution in [1.82, 2.24) is 0 Å². The van der Waals surface area contributed by atoms with Gasteiger partial charge in [-0.15, -0.1) is 11.3 Å². The number of nitrogens with one attached hydrogen (secondary N) is 1. The third kappa shape index (κ3) is 4.96. The van der Waals surface area contributed by atoms with Gasteiger partial charge in [-0.1, -0.05) is 12.8 Å². The predicted octanol–water partition coefficient (Wildman–Crippen LogP) is 8.23. The van der Waals surface area contributed by atoms with Gasteiger partial charge in [0, 0.05) is 4.88 Å². The minimum atomic E-state index is -8.78. The Labute approximate surface area is 221 Å². The molecule has 0 bridgehead atoms. The molecule has 0 saturated heterocycles. The maximum atomic E-state index is 14.2. The lowest BCUT2D eigenvalue weighted by Gasteiger charge is -2.42. The van der Waals surface area contributed by atoms with Crippen LogP contribution < -0.4 is 5.32 Å². The van der Waals surface area contributed by atoms with Crippen LogP contribution in [-0.4, -0.2) is 53.5 Å². The Morgan fingerprint density at radius 1 is 0.634 bits per heavy atom. The van der Waals surface area contributed by atoms with Crippen LogP contribution in [-0.2, 0) is 17.6 Å². The summed E-state index contributed by atoms with van der Waals surface area (Å²) >= 11 is 0.312. The molecule has 2 rings (SSSR count). The highest BCUT2D eigenvalue weighted by Gasteiger charge is 2.95. The van der Waals surface area contributed by atoms with Gasteiger partial charge in [-0.25, -0.2) is 0 Å². The zero-order valence-electron chi connectivity index (χ0n) is 19.4. The van der Waals surface area contributed by atoms with Crippen LogP contribution in [0.5, 0.6) is 0 Å². The Kier molecular flexibility index (Phi) is 8.73. The van der Waals surface area contributed by atoms with Crippen LogP contribution in [0.4, 0.5) is 79.6 Å². The molecule has 1 N–H and O–H groups in total. The first-order valence-electron chi connectivity index (χ1n) is 10.8. The molecule has 1 aliphatic rings. The van der Waals surface area contributed by atoms with E-state index in [0.717, 1.165) is 5.32 Å². The average Bonchev–Trinajstić information content (AvgIpc) is 3.12. The number of aryl methyl sites for hydroxylation is 1. The van der Waals surface area contributed by atoms with Gasteiger partial charge < -0.3 is 5.32 Å². The first-order chi connectivity index (χ1) is 18.2. The largest absolute Gasteiger partial charge is 0.460 e. The highest BCUT2D eigenvalue weighted by Crippen LogP contribution is 2.64.